The lowest BCUT2D eigenvalue weighted by Gasteiger charge is -2.54. The van der Waals surface area contributed by atoms with E-state index in [1.165, 1.54) is 32.1 Å². The highest BCUT2D eigenvalue weighted by atomic mass is 35.5. The van der Waals surface area contributed by atoms with Crippen LogP contribution in [0.3, 0.4) is 0 Å². The number of anilines is 1. The van der Waals surface area contributed by atoms with Crippen LogP contribution < -0.4 is 5.73 Å². The fourth-order valence-electron chi connectivity index (χ4n) is 5.03. The molecule has 1 heterocycles. The van der Waals surface area contributed by atoms with Gasteiger partial charge in [-0.2, -0.15) is 0 Å². The van der Waals surface area contributed by atoms with Crippen LogP contribution in [0.15, 0.2) is 6.07 Å². The van der Waals surface area contributed by atoms with Gasteiger partial charge in [-0.25, -0.2) is 9.97 Å². The number of hydrogen-bond acceptors (Lipinski definition) is 3. The Kier molecular flexibility index (Phi) is 2.35. The number of nitrogens with zero attached hydrogens (tertiary/aromatic N) is 2. The molecule has 0 aliphatic heterocycles. The van der Waals surface area contributed by atoms with Gasteiger partial charge in [0, 0.05) is 12.0 Å². The van der Waals surface area contributed by atoms with Crippen molar-refractivity contribution in [3.63, 3.8) is 0 Å². The predicted molar refractivity (Wildman–Crippen MR) is 71.2 cm³/mol. The topological polar surface area (TPSA) is 51.8 Å². The molecular formula is C14H18ClN3. The van der Waals surface area contributed by atoms with Crippen molar-refractivity contribution < 1.29 is 0 Å². The van der Waals surface area contributed by atoms with Gasteiger partial charge in [-0.1, -0.05) is 0 Å². The minimum atomic E-state index is 0.304. The van der Waals surface area contributed by atoms with Gasteiger partial charge in [0.25, 0.3) is 0 Å². The van der Waals surface area contributed by atoms with Gasteiger partial charge in [0.2, 0.25) is 5.28 Å². The first kappa shape index (κ1) is 11.0. The maximum absolute atomic E-state index is 5.96. The van der Waals surface area contributed by atoms with Gasteiger partial charge in [-0.3, -0.25) is 0 Å². The highest BCUT2D eigenvalue weighted by Gasteiger charge is 2.49. The van der Waals surface area contributed by atoms with E-state index in [4.69, 9.17) is 17.3 Å². The minimum Gasteiger partial charge on any atom is -0.384 e. The zero-order valence-electron chi connectivity index (χ0n) is 10.3. The second-order valence-electron chi connectivity index (χ2n) is 6.44. The van der Waals surface area contributed by atoms with Gasteiger partial charge >= 0.3 is 0 Å². The molecule has 1 aromatic heterocycles. The summed E-state index contributed by atoms with van der Waals surface area (Å²) in [5.74, 6) is 4.69. The maximum atomic E-state index is 5.96. The molecule has 4 heteroatoms. The third kappa shape index (κ3) is 1.63. The lowest BCUT2D eigenvalue weighted by molar-refractivity contribution is -0.00415. The van der Waals surface area contributed by atoms with E-state index in [9.17, 15) is 0 Å². The van der Waals surface area contributed by atoms with E-state index in [0.717, 1.165) is 29.4 Å². The van der Waals surface area contributed by atoms with E-state index >= 15 is 0 Å². The lowest BCUT2D eigenvalue weighted by Crippen LogP contribution is -2.44. The SMILES string of the molecule is Nc1cc(C2C3CC4CC(C3)CC2C4)nc(Cl)n1. The van der Waals surface area contributed by atoms with Crippen molar-refractivity contribution in [3.05, 3.63) is 17.0 Å². The smallest absolute Gasteiger partial charge is 0.224 e. The number of halogens is 1. The Balaban J connectivity index is 1.72. The first-order valence-corrected chi connectivity index (χ1v) is 7.37. The highest BCUT2D eigenvalue weighted by molar-refractivity contribution is 6.28. The average Bonchev–Trinajstić information content (AvgIpc) is 2.25. The van der Waals surface area contributed by atoms with Crippen molar-refractivity contribution in [2.45, 2.75) is 38.0 Å². The van der Waals surface area contributed by atoms with E-state index < -0.39 is 0 Å². The number of aromatic nitrogens is 2. The average molecular weight is 264 g/mol. The molecule has 0 spiro atoms. The molecule has 0 atom stereocenters. The molecule has 4 bridgehead atoms. The number of rotatable bonds is 1. The van der Waals surface area contributed by atoms with Crippen molar-refractivity contribution in [2.24, 2.45) is 23.7 Å². The molecule has 4 saturated carbocycles. The third-order valence-corrected chi connectivity index (χ3v) is 5.48. The summed E-state index contributed by atoms with van der Waals surface area (Å²) >= 11 is 5.96. The normalized spacial score (nSPS) is 41.3. The van der Waals surface area contributed by atoms with Crippen LogP contribution >= 0.6 is 11.6 Å². The van der Waals surface area contributed by atoms with Crippen molar-refractivity contribution in [1.29, 1.82) is 0 Å². The molecule has 4 aliphatic rings. The molecule has 4 fully saturated rings. The van der Waals surface area contributed by atoms with Crippen LogP contribution in [0, 0.1) is 23.7 Å². The van der Waals surface area contributed by atoms with Crippen LogP contribution in [0.5, 0.6) is 0 Å². The molecule has 5 rings (SSSR count). The summed E-state index contributed by atoms with van der Waals surface area (Å²) in [6, 6.07) is 1.94. The predicted octanol–water partition coefficient (Wildman–Crippen LogP) is 3.25. The van der Waals surface area contributed by atoms with Crippen LogP contribution in [-0.2, 0) is 0 Å². The number of nitrogen functional groups attached to an aromatic ring is 1. The Morgan fingerprint density at radius 3 is 2.17 bits per heavy atom. The van der Waals surface area contributed by atoms with Crippen LogP contribution in [-0.4, -0.2) is 9.97 Å². The Morgan fingerprint density at radius 2 is 1.61 bits per heavy atom. The van der Waals surface area contributed by atoms with Gasteiger partial charge < -0.3 is 5.73 Å². The zero-order valence-corrected chi connectivity index (χ0v) is 11.1. The van der Waals surface area contributed by atoms with Crippen LogP contribution in [0.2, 0.25) is 5.28 Å². The van der Waals surface area contributed by atoms with Gasteiger partial charge in [0.05, 0.1) is 5.69 Å². The molecule has 2 N–H and O–H groups in total. The van der Waals surface area contributed by atoms with E-state index in [-0.39, 0.29) is 0 Å². The quantitative estimate of drug-likeness (QED) is 0.792. The molecule has 4 aliphatic carbocycles. The molecular weight excluding hydrogens is 246 g/mol. The van der Waals surface area contributed by atoms with Crippen molar-refractivity contribution in [2.75, 3.05) is 5.73 Å². The van der Waals surface area contributed by atoms with Gasteiger partial charge in [-0.15, -0.1) is 0 Å². The minimum absolute atomic E-state index is 0.304. The molecule has 0 amide bonds. The fraction of sp³-hybridized carbons (Fsp3) is 0.714. The summed E-state index contributed by atoms with van der Waals surface area (Å²) in [7, 11) is 0. The lowest BCUT2D eigenvalue weighted by atomic mass is 9.51. The Labute approximate surface area is 112 Å². The summed E-state index contributed by atoms with van der Waals surface area (Å²) in [4.78, 5) is 8.43. The van der Waals surface area contributed by atoms with Crippen molar-refractivity contribution in [3.8, 4) is 0 Å². The summed E-state index contributed by atoms with van der Waals surface area (Å²) in [6.07, 6.45) is 7.03. The van der Waals surface area contributed by atoms with E-state index in [2.05, 4.69) is 9.97 Å². The van der Waals surface area contributed by atoms with Crippen LogP contribution in [0.1, 0.15) is 43.7 Å². The molecule has 0 aromatic carbocycles. The molecule has 18 heavy (non-hydrogen) atoms. The summed E-state index contributed by atoms with van der Waals surface area (Å²) in [5, 5.41) is 0.304. The Hall–Kier alpha value is -0.830. The second-order valence-corrected chi connectivity index (χ2v) is 6.78. The largest absolute Gasteiger partial charge is 0.384 e. The monoisotopic (exact) mass is 263 g/mol. The Bertz CT molecular complexity index is 440. The molecule has 0 saturated heterocycles. The third-order valence-electron chi connectivity index (χ3n) is 5.31. The van der Waals surface area contributed by atoms with Gasteiger partial charge in [0.1, 0.15) is 5.82 Å². The zero-order chi connectivity index (χ0) is 12.3. The van der Waals surface area contributed by atoms with E-state index in [1.807, 2.05) is 6.07 Å². The van der Waals surface area contributed by atoms with Crippen molar-refractivity contribution in [1.82, 2.24) is 9.97 Å². The second kappa shape index (κ2) is 3.83. The standard InChI is InChI=1S/C14H18ClN3/c15-14-17-11(6-12(16)18-14)13-9-2-7-1-8(4-9)5-10(13)3-7/h6-10,13H,1-5H2,(H2,16,17,18). The van der Waals surface area contributed by atoms with E-state index in [0.29, 0.717) is 17.0 Å². The first-order chi connectivity index (χ1) is 8.69. The summed E-state index contributed by atoms with van der Waals surface area (Å²) in [5.41, 5.74) is 6.92. The summed E-state index contributed by atoms with van der Waals surface area (Å²) in [6.45, 7) is 0. The molecule has 3 nitrogen and oxygen atoms in total. The molecule has 0 unspecified atom stereocenters. The van der Waals surface area contributed by atoms with Gasteiger partial charge in [-0.05, 0) is 67.4 Å². The Morgan fingerprint density at radius 1 is 1.00 bits per heavy atom. The number of hydrogen-bond donors (Lipinski definition) is 1. The maximum Gasteiger partial charge on any atom is 0.224 e. The number of nitrogens with two attached hydrogens (primary N) is 1. The molecule has 96 valence electrons. The summed E-state index contributed by atoms with van der Waals surface area (Å²) < 4.78 is 0. The van der Waals surface area contributed by atoms with Crippen molar-refractivity contribution >= 4 is 17.4 Å². The van der Waals surface area contributed by atoms with E-state index in [1.54, 1.807) is 0 Å². The molecule has 1 aromatic rings. The highest BCUT2D eigenvalue weighted by Crippen LogP contribution is 2.59. The first-order valence-electron chi connectivity index (χ1n) is 6.99. The van der Waals surface area contributed by atoms with Crippen LogP contribution in [0.4, 0.5) is 5.82 Å². The van der Waals surface area contributed by atoms with Crippen LogP contribution in [0.25, 0.3) is 0 Å². The van der Waals surface area contributed by atoms with Gasteiger partial charge in [0.15, 0.2) is 0 Å². The fourth-order valence-corrected chi connectivity index (χ4v) is 5.23. The molecule has 0 radical (unpaired) electrons.